The molecule has 110 valence electrons. The summed E-state index contributed by atoms with van der Waals surface area (Å²) in [4.78, 5) is 14.4. The number of azide groups is 1. The van der Waals surface area contributed by atoms with Gasteiger partial charge in [-0.15, -0.1) is 12.4 Å². The third-order valence-corrected chi connectivity index (χ3v) is 2.29. The molecule has 0 aliphatic heterocycles. The number of rotatable bonds is 8. The zero-order chi connectivity index (χ0) is 13.9. The highest BCUT2D eigenvalue weighted by molar-refractivity contribution is 5.94. The number of amides is 1. The van der Waals surface area contributed by atoms with Crippen LogP contribution in [0.4, 0.5) is 0 Å². The lowest BCUT2D eigenvalue weighted by Gasteiger charge is -2.06. The minimum atomic E-state index is -0.161. The van der Waals surface area contributed by atoms with Gasteiger partial charge in [0.05, 0.1) is 0 Å². The van der Waals surface area contributed by atoms with E-state index in [1.807, 2.05) is 0 Å². The van der Waals surface area contributed by atoms with E-state index in [1.165, 1.54) is 0 Å². The van der Waals surface area contributed by atoms with E-state index in [0.717, 1.165) is 0 Å². The van der Waals surface area contributed by atoms with Crippen LogP contribution in [0.15, 0.2) is 29.4 Å². The monoisotopic (exact) mass is 299 g/mol. The van der Waals surface area contributed by atoms with Gasteiger partial charge in [0, 0.05) is 30.1 Å². The van der Waals surface area contributed by atoms with Gasteiger partial charge in [-0.1, -0.05) is 5.11 Å². The van der Waals surface area contributed by atoms with Crippen molar-refractivity contribution in [2.75, 3.05) is 26.2 Å². The Hall–Kier alpha value is -1.95. The number of carbonyl (C=O) groups excluding carboxylic acids is 1. The normalized spacial score (nSPS) is 9.05. The number of hydrogen-bond acceptors (Lipinski definition) is 4. The van der Waals surface area contributed by atoms with Gasteiger partial charge in [-0.05, 0) is 36.2 Å². The van der Waals surface area contributed by atoms with E-state index in [4.69, 9.17) is 16.0 Å². The van der Waals surface area contributed by atoms with Crippen molar-refractivity contribution >= 4 is 18.3 Å². The summed E-state index contributed by atoms with van der Waals surface area (Å²) in [7, 11) is 0. The summed E-state index contributed by atoms with van der Waals surface area (Å²) in [6.07, 6.45) is 0.619. The topological polar surface area (TPSA) is 113 Å². The minimum absolute atomic E-state index is 0. The molecule has 1 aromatic carbocycles. The highest BCUT2D eigenvalue weighted by atomic mass is 35.5. The average molecular weight is 300 g/mol. The standard InChI is InChI=1S/C12H17N5O2.ClH/c13-6-9-19-11-4-2-10(3-5-11)12(18)15-7-1-8-16-17-14;/h2-5H,1,6-9,13H2,(H,15,18);1H. The second-order valence-corrected chi connectivity index (χ2v) is 3.73. The van der Waals surface area contributed by atoms with Crippen molar-refractivity contribution in [1.82, 2.24) is 5.32 Å². The Morgan fingerprint density at radius 3 is 2.70 bits per heavy atom. The molecule has 0 aliphatic carbocycles. The molecule has 0 spiro atoms. The van der Waals surface area contributed by atoms with Crippen LogP contribution in [0.25, 0.3) is 10.4 Å². The summed E-state index contributed by atoms with van der Waals surface area (Å²) >= 11 is 0. The van der Waals surface area contributed by atoms with Crippen LogP contribution >= 0.6 is 12.4 Å². The first kappa shape index (κ1) is 18.0. The largest absolute Gasteiger partial charge is 0.492 e. The van der Waals surface area contributed by atoms with E-state index in [-0.39, 0.29) is 18.3 Å². The molecular weight excluding hydrogens is 282 g/mol. The molecule has 3 N–H and O–H groups in total. The number of carbonyl (C=O) groups is 1. The molecule has 0 bridgehead atoms. The van der Waals surface area contributed by atoms with Crippen molar-refractivity contribution in [3.05, 3.63) is 40.3 Å². The Labute approximate surface area is 123 Å². The van der Waals surface area contributed by atoms with Crippen LogP contribution in [0.3, 0.4) is 0 Å². The fraction of sp³-hybridized carbons (Fsp3) is 0.417. The highest BCUT2D eigenvalue weighted by Crippen LogP contribution is 2.11. The van der Waals surface area contributed by atoms with Crippen molar-refractivity contribution < 1.29 is 9.53 Å². The molecule has 0 fully saturated rings. The first-order valence-electron chi connectivity index (χ1n) is 6.00. The second-order valence-electron chi connectivity index (χ2n) is 3.73. The first-order valence-corrected chi connectivity index (χ1v) is 6.00. The molecular formula is C12H18ClN5O2. The third-order valence-electron chi connectivity index (χ3n) is 2.29. The van der Waals surface area contributed by atoms with Crippen LogP contribution in [0.2, 0.25) is 0 Å². The molecule has 0 unspecified atom stereocenters. The number of nitrogens with one attached hydrogen (secondary N) is 1. The van der Waals surface area contributed by atoms with Crippen molar-refractivity contribution in [1.29, 1.82) is 0 Å². The van der Waals surface area contributed by atoms with E-state index >= 15 is 0 Å². The number of halogens is 1. The Morgan fingerprint density at radius 2 is 2.10 bits per heavy atom. The van der Waals surface area contributed by atoms with E-state index in [1.54, 1.807) is 24.3 Å². The number of benzene rings is 1. The van der Waals surface area contributed by atoms with Crippen LogP contribution in [0.1, 0.15) is 16.8 Å². The van der Waals surface area contributed by atoms with Gasteiger partial charge in [0.1, 0.15) is 12.4 Å². The third kappa shape index (κ3) is 6.84. The molecule has 0 saturated heterocycles. The summed E-state index contributed by atoms with van der Waals surface area (Å²) < 4.78 is 5.31. The van der Waals surface area contributed by atoms with Gasteiger partial charge in [-0.3, -0.25) is 4.79 Å². The van der Waals surface area contributed by atoms with Crippen LogP contribution < -0.4 is 15.8 Å². The van der Waals surface area contributed by atoms with Crippen molar-refractivity contribution in [3.63, 3.8) is 0 Å². The summed E-state index contributed by atoms with van der Waals surface area (Å²) in [6, 6.07) is 6.83. The zero-order valence-electron chi connectivity index (χ0n) is 11.0. The molecule has 7 nitrogen and oxygen atoms in total. The molecule has 0 aromatic heterocycles. The summed E-state index contributed by atoms with van der Waals surface area (Å²) in [5.74, 6) is 0.525. The zero-order valence-corrected chi connectivity index (χ0v) is 11.8. The Bertz CT molecular complexity index is 446. The molecule has 0 radical (unpaired) electrons. The number of ether oxygens (including phenoxy) is 1. The molecule has 0 atom stereocenters. The van der Waals surface area contributed by atoms with Crippen molar-refractivity contribution in [3.8, 4) is 5.75 Å². The lowest BCUT2D eigenvalue weighted by molar-refractivity contribution is 0.0953. The number of nitrogens with zero attached hydrogens (tertiary/aromatic N) is 3. The quantitative estimate of drug-likeness (QED) is 0.330. The van der Waals surface area contributed by atoms with Gasteiger partial charge in [0.2, 0.25) is 0 Å². The fourth-order valence-electron chi connectivity index (χ4n) is 1.38. The van der Waals surface area contributed by atoms with E-state index in [2.05, 4.69) is 15.3 Å². The fourth-order valence-corrected chi connectivity index (χ4v) is 1.38. The lowest BCUT2D eigenvalue weighted by Crippen LogP contribution is -2.24. The van der Waals surface area contributed by atoms with Gasteiger partial charge in [0.15, 0.2) is 0 Å². The molecule has 1 aromatic rings. The molecule has 1 rings (SSSR count). The molecule has 1 amide bonds. The molecule has 0 heterocycles. The van der Waals surface area contributed by atoms with Crippen LogP contribution in [-0.4, -0.2) is 32.1 Å². The molecule has 8 heteroatoms. The second kappa shape index (κ2) is 10.9. The maximum Gasteiger partial charge on any atom is 0.251 e. The highest BCUT2D eigenvalue weighted by Gasteiger charge is 2.04. The van der Waals surface area contributed by atoms with Crippen molar-refractivity contribution in [2.45, 2.75) is 6.42 Å². The summed E-state index contributed by atoms with van der Waals surface area (Å²) in [5, 5.41) is 6.12. The van der Waals surface area contributed by atoms with E-state index in [9.17, 15) is 4.79 Å². The predicted molar refractivity (Wildman–Crippen MR) is 79.2 cm³/mol. The summed E-state index contributed by atoms with van der Waals surface area (Å²) in [5.41, 5.74) is 14.0. The first-order chi connectivity index (χ1) is 9.27. The molecule has 0 saturated carbocycles. The van der Waals surface area contributed by atoms with Crippen molar-refractivity contribution in [2.24, 2.45) is 10.8 Å². The Kier molecular flexibility index (Phi) is 9.86. The Balaban J connectivity index is 0.00000361. The average Bonchev–Trinajstić information content (AvgIpc) is 2.45. The Morgan fingerprint density at radius 1 is 1.40 bits per heavy atom. The van der Waals surface area contributed by atoms with E-state index in [0.29, 0.717) is 44.0 Å². The predicted octanol–water partition coefficient (Wildman–Crippen LogP) is 1.88. The maximum atomic E-state index is 11.7. The van der Waals surface area contributed by atoms with Gasteiger partial charge >= 0.3 is 0 Å². The maximum absolute atomic E-state index is 11.7. The van der Waals surface area contributed by atoms with Gasteiger partial charge < -0.3 is 15.8 Å². The number of hydrogen-bond donors (Lipinski definition) is 2. The molecule has 20 heavy (non-hydrogen) atoms. The summed E-state index contributed by atoms with van der Waals surface area (Å²) in [6.45, 7) is 1.75. The SMILES string of the molecule is Cl.[N-]=[N+]=NCCCNC(=O)c1ccc(OCCN)cc1. The van der Waals surface area contributed by atoms with Crippen LogP contribution in [0.5, 0.6) is 5.75 Å². The number of nitrogens with two attached hydrogens (primary N) is 1. The van der Waals surface area contributed by atoms with Crippen LogP contribution in [-0.2, 0) is 0 Å². The minimum Gasteiger partial charge on any atom is -0.492 e. The van der Waals surface area contributed by atoms with Gasteiger partial charge in [-0.2, -0.15) is 0 Å². The van der Waals surface area contributed by atoms with E-state index < -0.39 is 0 Å². The molecule has 0 aliphatic rings. The van der Waals surface area contributed by atoms with Crippen LogP contribution in [0, 0.1) is 0 Å². The van der Waals surface area contributed by atoms with Gasteiger partial charge in [0.25, 0.3) is 5.91 Å². The van der Waals surface area contributed by atoms with Gasteiger partial charge in [-0.25, -0.2) is 0 Å². The lowest BCUT2D eigenvalue weighted by atomic mass is 10.2. The smallest absolute Gasteiger partial charge is 0.251 e.